The summed E-state index contributed by atoms with van der Waals surface area (Å²) in [5.74, 6) is 1.46. The van der Waals surface area contributed by atoms with Crippen molar-refractivity contribution < 1.29 is 14.3 Å². The van der Waals surface area contributed by atoms with E-state index >= 15 is 0 Å². The van der Waals surface area contributed by atoms with Gasteiger partial charge in [-0.3, -0.25) is 0 Å². The third kappa shape index (κ3) is 3.65. The maximum atomic E-state index is 10.8. The second kappa shape index (κ2) is 5.76. The molecule has 98 valence electrons. The highest BCUT2D eigenvalue weighted by atomic mass is 16.6. The van der Waals surface area contributed by atoms with Gasteiger partial charge in [0, 0.05) is 0 Å². The maximum absolute atomic E-state index is 10.8. The topological polar surface area (TPSA) is 47.6 Å². The number of nitrogens with one attached hydrogen (secondary N) is 1. The van der Waals surface area contributed by atoms with Crippen LogP contribution in [0.2, 0.25) is 0 Å². The minimum absolute atomic E-state index is 0.187. The molecule has 2 rings (SSSR count). The Morgan fingerprint density at radius 1 is 1.39 bits per heavy atom. The maximum Gasteiger partial charge on any atom is 0.407 e. The van der Waals surface area contributed by atoms with E-state index in [0.717, 1.165) is 12.2 Å². The van der Waals surface area contributed by atoms with Gasteiger partial charge in [-0.15, -0.1) is 0 Å². The molecule has 1 N–H and O–H groups in total. The van der Waals surface area contributed by atoms with Crippen molar-refractivity contribution in [2.24, 2.45) is 5.92 Å². The highest BCUT2D eigenvalue weighted by molar-refractivity contribution is 5.69. The van der Waals surface area contributed by atoms with Gasteiger partial charge < -0.3 is 14.8 Å². The number of amides is 1. The fourth-order valence-corrected chi connectivity index (χ4v) is 1.91. The third-order valence-corrected chi connectivity index (χ3v) is 2.75. The largest absolute Gasteiger partial charge is 0.490 e. The summed E-state index contributed by atoms with van der Waals surface area (Å²) in [6.07, 6.45) is 0.522. The number of cyclic esters (lactones) is 1. The number of benzene rings is 1. The molecule has 0 spiro atoms. The molecular weight excluding hydrogens is 230 g/mol. The van der Waals surface area contributed by atoms with E-state index in [1.165, 1.54) is 5.56 Å². The number of rotatable bonds is 5. The molecule has 0 bridgehead atoms. The lowest BCUT2D eigenvalue weighted by molar-refractivity contribution is 0.105. The Morgan fingerprint density at radius 2 is 2.11 bits per heavy atom. The van der Waals surface area contributed by atoms with E-state index in [9.17, 15) is 4.79 Å². The van der Waals surface area contributed by atoms with E-state index in [1.807, 2.05) is 12.1 Å². The molecule has 1 aromatic rings. The molecule has 0 aliphatic carbocycles. The van der Waals surface area contributed by atoms with E-state index in [1.54, 1.807) is 0 Å². The Hall–Kier alpha value is -1.71. The van der Waals surface area contributed by atoms with Crippen LogP contribution in [0.5, 0.6) is 5.75 Å². The van der Waals surface area contributed by atoms with Crippen molar-refractivity contribution >= 4 is 6.09 Å². The number of carbonyl (C=O) groups excluding carboxylic acids is 1. The minimum Gasteiger partial charge on any atom is -0.490 e. The Morgan fingerprint density at radius 3 is 2.67 bits per heavy atom. The van der Waals surface area contributed by atoms with Crippen molar-refractivity contribution in [2.45, 2.75) is 26.4 Å². The summed E-state index contributed by atoms with van der Waals surface area (Å²) >= 11 is 0. The lowest BCUT2D eigenvalue weighted by Crippen LogP contribution is -2.21. The predicted molar refractivity (Wildman–Crippen MR) is 68.8 cm³/mol. The molecule has 1 amide bonds. The number of alkyl carbamates (subject to hydrolysis) is 1. The molecule has 0 saturated carbocycles. The normalized spacial score (nSPS) is 18.6. The first-order valence-electron chi connectivity index (χ1n) is 6.29. The zero-order chi connectivity index (χ0) is 13.0. The molecule has 0 aromatic heterocycles. The first-order valence-corrected chi connectivity index (χ1v) is 6.29. The lowest BCUT2D eigenvalue weighted by atomic mass is 10.0. The third-order valence-electron chi connectivity index (χ3n) is 2.75. The van der Waals surface area contributed by atoms with Crippen molar-refractivity contribution in [1.29, 1.82) is 0 Å². The van der Waals surface area contributed by atoms with E-state index in [2.05, 4.69) is 31.3 Å². The second-order valence-electron chi connectivity index (χ2n) is 4.96. The molecule has 0 radical (unpaired) electrons. The van der Waals surface area contributed by atoms with Crippen LogP contribution in [0.1, 0.15) is 19.4 Å². The average Bonchev–Trinajstić information content (AvgIpc) is 2.74. The van der Waals surface area contributed by atoms with Gasteiger partial charge in [0.2, 0.25) is 0 Å². The lowest BCUT2D eigenvalue weighted by Gasteiger charge is -2.11. The smallest absolute Gasteiger partial charge is 0.407 e. The molecule has 4 nitrogen and oxygen atoms in total. The molecule has 18 heavy (non-hydrogen) atoms. The standard InChI is InChI=1S/C14H19NO3/c1-10(2)7-11-3-5-12(6-4-11)17-9-13-8-15-14(16)18-13/h3-6,10,13H,7-9H2,1-2H3,(H,15,16). The van der Waals surface area contributed by atoms with Crippen LogP contribution < -0.4 is 10.1 Å². The van der Waals surface area contributed by atoms with Gasteiger partial charge in [0.25, 0.3) is 0 Å². The van der Waals surface area contributed by atoms with Gasteiger partial charge in [0.15, 0.2) is 6.10 Å². The molecule has 1 fully saturated rings. The molecule has 1 saturated heterocycles. The second-order valence-corrected chi connectivity index (χ2v) is 4.96. The van der Waals surface area contributed by atoms with Crippen LogP contribution in [-0.4, -0.2) is 25.3 Å². The van der Waals surface area contributed by atoms with Crippen molar-refractivity contribution in [2.75, 3.05) is 13.2 Å². The number of hydrogen-bond donors (Lipinski definition) is 1. The Labute approximate surface area is 107 Å². The van der Waals surface area contributed by atoms with Gasteiger partial charge >= 0.3 is 6.09 Å². The molecular formula is C14H19NO3. The number of hydrogen-bond acceptors (Lipinski definition) is 3. The quantitative estimate of drug-likeness (QED) is 0.871. The van der Waals surface area contributed by atoms with Gasteiger partial charge in [0.05, 0.1) is 6.54 Å². The van der Waals surface area contributed by atoms with Gasteiger partial charge in [-0.05, 0) is 30.0 Å². The van der Waals surface area contributed by atoms with Crippen LogP contribution in [0.4, 0.5) is 4.79 Å². The molecule has 1 aromatic carbocycles. The molecule has 1 atom stereocenters. The fraction of sp³-hybridized carbons (Fsp3) is 0.500. The van der Waals surface area contributed by atoms with Gasteiger partial charge in [0.1, 0.15) is 12.4 Å². The van der Waals surface area contributed by atoms with Crippen LogP contribution in [0.3, 0.4) is 0 Å². The van der Waals surface area contributed by atoms with Gasteiger partial charge in [-0.25, -0.2) is 4.79 Å². The van der Waals surface area contributed by atoms with Crippen LogP contribution >= 0.6 is 0 Å². The van der Waals surface area contributed by atoms with Crippen LogP contribution in [0.25, 0.3) is 0 Å². The van der Waals surface area contributed by atoms with Crippen molar-refractivity contribution in [3.05, 3.63) is 29.8 Å². The molecule has 1 aliphatic heterocycles. The number of carbonyl (C=O) groups is 1. The monoisotopic (exact) mass is 249 g/mol. The van der Waals surface area contributed by atoms with E-state index in [4.69, 9.17) is 9.47 Å². The summed E-state index contributed by atoms with van der Waals surface area (Å²) in [5, 5.41) is 2.60. The van der Waals surface area contributed by atoms with E-state index in [-0.39, 0.29) is 12.2 Å². The van der Waals surface area contributed by atoms with E-state index in [0.29, 0.717) is 19.1 Å². The molecule has 1 heterocycles. The average molecular weight is 249 g/mol. The molecule has 1 aliphatic rings. The Balaban J connectivity index is 1.81. The summed E-state index contributed by atoms with van der Waals surface area (Å²) in [6, 6.07) is 8.08. The highest BCUT2D eigenvalue weighted by Gasteiger charge is 2.22. The first-order chi connectivity index (χ1) is 8.63. The Bertz CT molecular complexity index is 400. The summed E-state index contributed by atoms with van der Waals surface area (Å²) in [4.78, 5) is 10.8. The first kappa shape index (κ1) is 12.7. The van der Waals surface area contributed by atoms with Crippen LogP contribution in [0, 0.1) is 5.92 Å². The molecule has 1 unspecified atom stereocenters. The van der Waals surface area contributed by atoms with Crippen LogP contribution in [0.15, 0.2) is 24.3 Å². The number of ether oxygens (including phenoxy) is 2. The van der Waals surface area contributed by atoms with Crippen LogP contribution in [-0.2, 0) is 11.2 Å². The summed E-state index contributed by atoms with van der Waals surface area (Å²) in [7, 11) is 0. The van der Waals surface area contributed by atoms with E-state index < -0.39 is 0 Å². The zero-order valence-electron chi connectivity index (χ0n) is 10.8. The summed E-state index contributed by atoms with van der Waals surface area (Å²) in [5.41, 5.74) is 1.31. The summed E-state index contributed by atoms with van der Waals surface area (Å²) < 4.78 is 10.6. The Kier molecular flexibility index (Phi) is 4.07. The highest BCUT2D eigenvalue weighted by Crippen LogP contribution is 2.15. The SMILES string of the molecule is CC(C)Cc1ccc(OCC2CNC(=O)O2)cc1. The van der Waals surface area contributed by atoms with Crippen molar-refractivity contribution in [1.82, 2.24) is 5.32 Å². The van der Waals surface area contributed by atoms with Gasteiger partial charge in [-0.1, -0.05) is 26.0 Å². The predicted octanol–water partition coefficient (Wildman–Crippen LogP) is 2.37. The zero-order valence-corrected chi connectivity index (χ0v) is 10.8. The van der Waals surface area contributed by atoms with Gasteiger partial charge in [-0.2, -0.15) is 0 Å². The minimum atomic E-state index is -0.365. The van der Waals surface area contributed by atoms with Crippen molar-refractivity contribution in [3.63, 3.8) is 0 Å². The summed E-state index contributed by atoms with van der Waals surface area (Å²) in [6.45, 7) is 5.31. The fourth-order valence-electron chi connectivity index (χ4n) is 1.91. The van der Waals surface area contributed by atoms with Crippen molar-refractivity contribution in [3.8, 4) is 5.75 Å². The molecule has 4 heteroatoms.